The predicted octanol–water partition coefficient (Wildman–Crippen LogP) is 1.03. The van der Waals surface area contributed by atoms with E-state index in [1.54, 1.807) is 6.33 Å². The van der Waals surface area contributed by atoms with Crippen LogP contribution in [0.2, 0.25) is 0 Å². The molecule has 19 heavy (non-hydrogen) atoms. The molecule has 1 saturated heterocycles. The van der Waals surface area contributed by atoms with Gasteiger partial charge in [0.25, 0.3) is 0 Å². The van der Waals surface area contributed by atoms with Crippen molar-refractivity contribution in [3.63, 3.8) is 0 Å². The van der Waals surface area contributed by atoms with Crippen LogP contribution in [0.4, 0.5) is 5.82 Å². The third kappa shape index (κ3) is 1.87. The van der Waals surface area contributed by atoms with E-state index in [1.165, 1.54) is 19.3 Å². The van der Waals surface area contributed by atoms with Crippen LogP contribution in [0.3, 0.4) is 0 Å². The number of hydrogen-bond donors (Lipinski definition) is 1. The molecule has 2 fully saturated rings. The molecule has 0 atom stereocenters. The normalized spacial score (nSPS) is 21.8. The molecule has 2 aromatic rings. The molecule has 0 spiro atoms. The number of rotatable bonds is 2. The fourth-order valence-corrected chi connectivity index (χ4v) is 3.05. The van der Waals surface area contributed by atoms with Gasteiger partial charge in [0.05, 0.1) is 11.6 Å². The van der Waals surface area contributed by atoms with E-state index in [4.69, 9.17) is 0 Å². The molecule has 100 valence electrons. The number of H-pyrrole nitrogens is 1. The van der Waals surface area contributed by atoms with Crippen LogP contribution in [0.25, 0.3) is 11.0 Å². The van der Waals surface area contributed by atoms with Gasteiger partial charge in [-0.05, 0) is 12.8 Å². The average Bonchev–Trinajstić information content (AvgIpc) is 2.86. The van der Waals surface area contributed by atoms with E-state index in [9.17, 15) is 0 Å². The van der Waals surface area contributed by atoms with Gasteiger partial charge in [0.2, 0.25) is 0 Å². The van der Waals surface area contributed by atoms with Crippen LogP contribution in [0.1, 0.15) is 19.3 Å². The van der Waals surface area contributed by atoms with Crippen molar-refractivity contribution in [3.8, 4) is 0 Å². The van der Waals surface area contributed by atoms with Gasteiger partial charge in [0, 0.05) is 32.2 Å². The van der Waals surface area contributed by atoms with Crippen LogP contribution in [0.5, 0.6) is 0 Å². The lowest BCUT2D eigenvalue weighted by Gasteiger charge is -2.43. The standard InChI is InChI=1S/C13H18N6/c1-2-10(3-1)18-4-6-19(7-5-18)13-11-8-16-17-12(11)14-9-15-13/h8-10H,1-7H2,(H,14,15,16,17). The second kappa shape index (κ2) is 4.45. The van der Waals surface area contributed by atoms with E-state index in [1.807, 2.05) is 6.20 Å². The molecular weight excluding hydrogens is 240 g/mol. The van der Waals surface area contributed by atoms with Crippen molar-refractivity contribution in [2.24, 2.45) is 0 Å². The van der Waals surface area contributed by atoms with Crippen LogP contribution in [-0.4, -0.2) is 57.3 Å². The van der Waals surface area contributed by atoms with E-state index in [0.717, 1.165) is 49.1 Å². The van der Waals surface area contributed by atoms with Gasteiger partial charge in [-0.15, -0.1) is 0 Å². The highest BCUT2D eigenvalue weighted by atomic mass is 15.3. The lowest BCUT2D eigenvalue weighted by atomic mass is 9.91. The number of piperazine rings is 1. The highest BCUT2D eigenvalue weighted by Crippen LogP contribution is 2.27. The van der Waals surface area contributed by atoms with Gasteiger partial charge in [-0.1, -0.05) is 6.42 Å². The SMILES string of the molecule is c1nc(N2CCN(C3CCC3)CC2)c2cn[nH]c2n1. The van der Waals surface area contributed by atoms with Gasteiger partial charge in [0.1, 0.15) is 12.1 Å². The summed E-state index contributed by atoms with van der Waals surface area (Å²) < 4.78 is 0. The van der Waals surface area contributed by atoms with E-state index in [2.05, 4.69) is 30.0 Å². The molecule has 0 unspecified atom stereocenters. The van der Waals surface area contributed by atoms with Crippen molar-refractivity contribution in [3.05, 3.63) is 12.5 Å². The van der Waals surface area contributed by atoms with Crippen molar-refractivity contribution in [1.82, 2.24) is 25.1 Å². The summed E-state index contributed by atoms with van der Waals surface area (Å²) in [5.41, 5.74) is 0.825. The fraction of sp³-hybridized carbons (Fsp3) is 0.615. The van der Waals surface area contributed by atoms with Crippen molar-refractivity contribution in [1.29, 1.82) is 0 Å². The summed E-state index contributed by atoms with van der Waals surface area (Å²) in [5, 5.41) is 7.99. The predicted molar refractivity (Wildman–Crippen MR) is 73.1 cm³/mol. The molecule has 1 N–H and O–H groups in total. The van der Waals surface area contributed by atoms with Gasteiger partial charge in [-0.25, -0.2) is 9.97 Å². The first-order chi connectivity index (χ1) is 9.42. The van der Waals surface area contributed by atoms with E-state index >= 15 is 0 Å². The molecule has 2 aliphatic rings. The average molecular weight is 258 g/mol. The van der Waals surface area contributed by atoms with Crippen LogP contribution in [-0.2, 0) is 0 Å². The number of hydrogen-bond acceptors (Lipinski definition) is 5. The third-order valence-corrected chi connectivity index (χ3v) is 4.43. The van der Waals surface area contributed by atoms with Gasteiger partial charge in [-0.3, -0.25) is 10.00 Å². The van der Waals surface area contributed by atoms with Gasteiger partial charge < -0.3 is 4.90 Å². The molecule has 0 aromatic carbocycles. The Bertz CT molecular complexity index is 567. The zero-order valence-corrected chi connectivity index (χ0v) is 10.9. The molecule has 0 amide bonds. The number of fused-ring (bicyclic) bond motifs is 1. The summed E-state index contributed by atoms with van der Waals surface area (Å²) in [6.07, 6.45) is 7.63. The van der Waals surface area contributed by atoms with Gasteiger partial charge in [-0.2, -0.15) is 5.10 Å². The summed E-state index contributed by atoms with van der Waals surface area (Å²) in [7, 11) is 0. The summed E-state index contributed by atoms with van der Waals surface area (Å²) >= 11 is 0. The monoisotopic (exact) mass is 258 g/mol. The molecule has 2 aromatic heterocycles. The number of aromatic amines is 1. The molecule has 1 saturated carbocycles. The minimum atomic E-state index is 0.825. The second-order valence-corrected chi connectivity index (χ2v) is 5.44. The van der Waals surface area contributed by atoms with Crippen LogP contribution in [0.15, 0.2) is 12.5 Å². The number of anilines is 1. The highest BCUT2D eigenvalue weighted by Gasteiger charge is 2.28. The maximum absolute atomic E-state index is 4.44. The molecule has 0 radical (unpaired) electrons. The summed E-state index contributed by atoms with van der Waals surface area (Å²) in [5.74, 6) is 1.02. The van der Waals surface area contributed by atoms with Crippen molar-refractivity contribution < 1.29 is 0 Å². The van der Waals surface area contributed by atoms with Gasteiger partial charge >= 0.3 is 0 Å². The maximum atomic E-state index is 4.44. The summed E-state index contributed by atoms with van der Waals surface area (Å²) in [6, 6.07) is 0.849. The minimum Gasteiger partial charge on any atom is -0.353 e. The molecule has 0 bridgehead atoms. The van der Waals surface area contributed by atoms with Crippen molar-refractivity contribution >= 4 is 16.9 Å². The first kappa shape index (κ1) is 11.2. The summed E-state index contributed by atoms with van der Waals surface area (Å²) in [4.78, 5) is 13.6. The Balaban J connectivity index is 1.52. The molecule has 1 aliphatic heterocycles. The molecular formula is C13H18N6. The first-order valence-electron chi connectivity index (χ1n) is 7.05. The Morgan fingerprint density at radius 2 is 1.95 bits per heavy atom. The van der Waals surface area contributed by atoms with Crippen LogP contribution in [0, 0.1) is 0 Å². The van der Waals surface area contributed by atoms with Crippen LogP contribution >= 0.6 is 0 Å². The minimum absolute atomic E-state index is 0.825. The Morgan fingerprint density at radius 3 is 2.68 bits per heavy atom. The van der Waals surface area contributed by atoms with E-state index in [-0.39, 0.29) is 0 Å². The quantitative estimate of drug-likeness (QED) is 0.871. The number of aromatic nitrogens is 4. The Morgan fingerprint density at radius 1 is 1.11 bits per heavy atom. The zero-order chi connectivity index (χ0) is 12.7. The van der Waals surface area contributed by atoms with Crippen molar-refractivity contribution in [2.75, 3.05) is 31.1 Å². The second-order valence-electron chi connectivity index (χ2n) is 5.44. The lowest BCUT2D eigenvalue weighted by molar-refractivity contribution is 0.120. The Hall–Kier alpha value is -1.69. The highest BCUT2D eigenvalue weighted by molar-refractivity contribution is 5.86. The molecule has 6 heteroatoms. The largest absolute Gasteiger partial charge is 0.353 e. The van der Waals surface area contributed by atoms with E-state index < -0.39 is 0 Å². The number of nitrogens with zero attached hydrogens (tertiary/aromatic N) is 5. The molecule has 4 rings (SSSR count). The lowest BCUT2D eigenvalue weighted by Crippen LogP contribution is -2.52. The maximum Gasteiger partial charge on any atom is 0.160 e. The molecule has 6 nitrogen and oxygen atoms in total. The molecule has 1 aliphatic carbocycles. The summed E-state index contributed by atoms with van der Waals surface area (Å²) in [6.45, 7) is 4.39. The van der Waals surface area contributed by atoms with Gasteiger partial charge in [0.15, 0.2) is 5.65 Å². The van der Waals surface area contributed by atoms with Crippen LogP contribution < -0.4 is 4.90 Å². The third-order valence-electron chi connectivity index (χ3n) is 4.43. The fourth-order valence-electron chi connectivity index (χ4n) is 3.05. The number of nitrogens with one attached hydrogen (secondary N) is 1. The van der Waals surface area contributed by atoms with Crippen molar-refractivity contribution in [2.45, 2.75) is 25.3 Å². The Kier molecular flexibility index (Phi) is 2.61. The molecule has 3 heterocycles. The van der Waals surface area contributed by atoms with E-state index in [0.29, 0.717) is 0 Å². The smallest absolute Gasteiger partial charge is 0.160 e. The Labute approximate surface area is 111 Å². The zero-order valence-electron chi connectivity index (χ0n) is 10.9. The topological polar surface area (TPSA) is 60.9 Å². The first-order valence-corrected chi connectivity index (χ1v) is 7.05.